The van der Waals surface area contributed by atoms with E-state index < -0.39 is 5.97 Å². The summed E-state index contributed by atoms with van der Waals surface area (Å²) in [5, 5.41) is 8.92. The van der Waals surface area contributed by atoms with Crippen molar-refractivity contribution in [2.75, 3.05) is 13.7 Å². The third-order valence-corrected chi connectivity index (χ3v) is 2.42. The lowest BCUT2D eigenvalue weighted by atomic mass is 10.1. The molecule has 0 bridgehead atoms. The molecule has 0 aliphatic heterocycles. The molecule has 1 N–H and O–H groups in total. The number of carboxylic acid groups (broad SMARTS) is 1. The smallest absolute Gasteiger partial charge is 0.339 e. The van der Waals surface area contributed by atoms with Gasteiger partial charge in [0, 0.05) is 6.42 Å². The van der Waals surface area contributed by atoms with Crippen LogP contribution in [-0.2, 0) is 16.0 Å². The molecule has 0 aliphatic carbocycles. The lowest BCUT2D eigenvalue weighted by molar-refractivity contribution is -0.143. The molecule has 0 aromatic heterocycles. The summed E-state index contributed by atoms with van der Waals surface area (Å²) in [5.74, 6) is -1.01. The number of aromatic carboxylic acids is 1. The fourth-order valence-electron chi connectivity index (χ4n) is 1.55. The number of carbonyl (C=O) groups excluding carboxylic acids is 1. The highest BCUT2D eigenvalue weighted by molar-refractivity contribution is 5.91. The molecule has 1 rings (SSSR count). The Balaban J connectivity index is 2.74. The van der Waals surface area contributed by atoms with Gasteiger partial charge in [-0.1, -0.05) is 6.07 Å². The van der Waals surface area contributed by atoms with E-state index >= 15 is 0 Å². The minimum Gasteiger partial charge on any atom is -0.496 e. The molecule has 0 saturated heterocycles. The summed E-state index contributed by atoms with van der Waals surface area (Å²) in [5.41, 5.74) is 0.947. The number of aryl methyl sites for hydroxylation is 1. The van der Waals surface area contributed by atoms with Gasteiger partial charge in [-0.05, 0) is 31.0 Å². The van der Waals surface area contributed by atoms with Crippen LogP contribution in [0.15, 0.2) is 18.2 Å². The molecular weight excluding hydrogens is 236 g/mol. The Labute approximate surface area is 105 Å². The number of benzene rings is 1. The first-order valence-electron chi connectivity index (χ1n) is 5.64. The van der Waals surface area contributed by atoms with Gasteiger partial charge >= 0.3 is 11.9 Å². The van der Waals surface area contributed by atoms with Crippen LogP contribution in [0.2, 0.25) is 0 Å². The van der Waals surface area contributed by atoms with Crippen LogP contribution < -0.4 is 4.74 Å². The minimum atomic E-state index is -1.04. The van der Waals surface area contributed by atoms with E-state index in [1.165, 1.54) is 13.2 Å². The van der Waals surface area contributed by atoms with E-state index in [-0.39, 0.29) is 18.0 Å². The SMILES string of the molecule is CCOC(=O)CCc1ccc(C(=O)O)c(OC)c1. The summed E-state index contributed by atoms with van der Waals surface area (Å²) >= 11 is 0. The van der Waals surface area contributed by atoms with Crippen LogP contribution in [0, 0.1) is 0 Å². The van der Waals surface area contributed by atoms with Gasteiger partial charge in [0.25, 0.3) is 0 Å². The predicted octanol–water partition coefficient (Wildman–Crippen LogP) is 1.89. The highest BCUT2D eigenvalue weighted by Crippen LogP contribution is 2.21. The van der Waals surface area contributed by atoms with Gasteiger partial charge in [-0.2, -0.15) is 0 Å². The first-order chi connectivity index (χ1) is 8.58. The summed E-state index contributed by atoms with van der Waals surface area (Å²) in [6.45, 7) is 2.11. The Morgan fingerprint density at radius 3 is 2.61 bits per heavy atom. The van der Waals surface area contributed by atoms with E-state index in [1.807, 2.05) is 0 Å². The monoisotopic (exact) mass is 252 g/mol. The van der Waals surface area contributed by atoms with Crippen LogP contribution in [0.4, 0.5) is 0 Å². The van der Waals surface area contributed by atoms with Crippen molar-refractivity contribution >= 4 is 11.9 Å². The molecule has 18 heavy (non-hydrogen) atoms. The number of hydrogen-bond donors (Lipinski definition) is 1. The maximum absolute atomic E-state index is 11.2. The summed E-state index contributed by atoms with van der Waals surface area (Å²) < 4.78 is 9.82. The first-order valence-corrected chi connectivity index (χ1v) is 5.64. The molecule has 1 aromatic rings. The number of ether oxygens (including phenoxy) is 2. The van der Waals surface area contributed by atoms with Crippen molar-refractivity contribution in [1.29, 1.82) is 0 Å². The third-order valence-electron chi connectivity index (χ3n) is 2.42. The lowest BCUT2D eigenvalue weighted by Crippen LogP contribution is -2.06. The fraction of sp³-hybridized carbons (Fsp3) is 0.385. The van der Waals surface area contributed by atoms with Crippen LogP contribution in [-0.4, -0.2) is 30.8 Å². The molecule has 0 amide bonds. The quantitative estimate of drug-likeness (QED) is 0.783. The zero-order valence-corrected chi connectivity index (χ0v) is 10.4. The van der Waals surface area contributed by atoms with Crippen molar-refractivity contribution in [2.45, 2.75) is 19.8 Å². The molecule has 5 heteroatoms. The summed E-state index contributed by atoms with van der Waals surface area (Å²) in [4.78, 5) is 22.1. The zero-order valence-electron chi connectivity index (χ0n) is 10.4. The Hall–Kier alpha value is -2.04. The second-order valence-electron chi connectivity index (χ2n) is 3.64. The van der Waals surface area contributed by atoms with Gasteiger partial charge in [0.05, 0.1) is 13.7 Å². The molecule has 0 heterocycles. The second kappa shape index (κ2) is 6.64. The Kier molecular flexibility index (Phi) is 5.17. The van der Waals surface area contributed by atoms with E-state index in [0.717, 1.165) is 5.56 Å². The highest BCUT2D eigenvalue weighted by Gasteiger charge is 2.11. The fourth-order valence-corrected chi connectivity index (χ4v) is 1.55. The summed E-state index contributed by atoms with van der Waals surface area (Å²) in [7, 11) is 1.41. The lowest BCUT2D eigenvalue weighted by Gasteiger charge is -2.07. The normalized spacial score (nSPS) is 9.89. The Bertz CT molecular complexity index is 439. The topological polar surface area (TPSA) is 72.8 Å². The van der Waals surface area contributed by atoms with Gasteiger partial charge in [-0.25, -0.2) is 4.79 Å². The molecule has 0 unspecified atom stereocenters. The van der Waals surface area contributed by atoms with Gasteiger partial charge < -0.3 is 14.6 Å². The molecule has 0 atom stereocenters. The minimum absolute atomic E-state index is 0.109. The van der Waals surface area contributed by atoms with Crippen LogP contribution in [0.5, 0.6) is 5.75 Å². The van der Waals surface area contributed by atoms with Crippen LogP contribution in [0.3, 0.4) is 0 Å². The molecule has 0 spiro atoms. The molecule has 0 radical (unpaired) electrons. The summed E-state index contributed by atoms with van der Waals surface area (Å²) in [6.07, 6.45) is 0.762. The molecule has 0 fully saturated rings. The van der Waals surface area contributed by atoms with Crippen LogP contribution in [0.25, 0.3) is 0 Å². The number of rotatable bonds is 6. The van der Waals surface area contributed by atoms with Gasteiger partial charge in [-0.15, -0.1) is 0 Å². The van der Waals surface area contributed by atoms with E-state index in [1.54, 1.807) is 19.1 Å². The van der Waals surface area contributed by atoms with Crippen LogP contribution in [0.1, 0.15) is 29.3 Å². The highest BCUT2D eigenvalue weighted by atomic mass is 16.5. The zero-order chi connectivity index (χ0) is 13.5. The van der Waals surface area contributed by atoms with Gasteiger partial charge in [0.15, 0.2) is 0 Å². The van der Waals surface area contributed by atoms with Gasteiger partial charge in [0.1, 0.15) is 11.3 Å². The van der Waals surface area contributed by atoms with Crippen molar-refractivity contribution in [3.05, 3.63) is 29.3 Å². The first kappa shape index (κ1) is 14.0. The largest absolute Gasteiger partial charge is 0.496 e. The molecule has 98 valence electrons. The molecule has 0 aliphatic rings. The predicted molar refractivity (Wildman–Crippen MR) is 64.9 cm³/mol. The number of methoxy groups -OCH3 is 1. The molecular formula is C13H16O5. The third kappa shape index (κ3) is 3.76. The Morgan fingerprint density at radius 1 is 1.33 bits per heavy atom. The number of esters is 1. The standard InChI is InChI=1S/C13H16O5/c1-3-18-12(14)7-5-9-4-6-10(13(15)16)11(8-9)17-2/h4,6,8H,3,5,7H2,1-2H3,(H,15,16). The van der Waals surface area contributed by atoms with Crippen molar-refractivity contribution in [3.63, 3.8) is 0 Å². The van der Waals surface area contributed by atoms with Crippen molar-refractivity contribution in [1.82, 2.24) is 0 Å². The van der Waals surface area contributed by atoms with Crippen molar-refractivity contribution < 1.29 is 24.2 Å². The van der Waals surface area contributed by atoms with Gasteiger partial charge in [-0.3, -0.25) is 4.79 Å². The maximum atomic E-state index is 11.2. The van der Waals surface area contributed by atoms with Crippen molar-refractivity contribution in [3.8, 4) is 5.75 Å². The van der Waals surface area contributed by atoms with E-state index in [2.05, 4.69) is 0 Å². The molecule has 1 aromatic carbocycles. The maximum Gasteiger partial charge on any atom is 0.339 e. The molecule has 0 saturated carbocycles. The van der Waals surface area contributed by atoms with E-state index in [9.17, 15) is 9.59 Å². The second-order valence-corrected chi connectivity index (χ2v) is 3.64. The van der Waals surface area contributed by atoms with Crippen molar-refractivity contribution in [2.24, 2.45) is 0 Å². The average Bonchev–Trinajstić information content (AvgIpc) is 2.36. The Morgan fingerprint density at radius 2 is 2.06 bits per heavy atom. The van der Waals surface area contributed by atoms with Gasteiger partial charge in [0.2, 0.25) is 0 Å². The van der Waals surface area contributed by atoms with E-state index in [0.29, 0.717) is 18.8 Å². The number of carbonyl (C=O) groups is 2. The molecule has 5 nitrogen and oxygen atoms in total. The summed E-state index contributed by atoms with van der Waals surface area (Å²) in [6, 6.07) is 4.77. The van der Waals surface area contributed by atoms with Crippen LogP contribution >= 0.6 is 0 Å². The number of carboxylic acids is 1. The average molecular weight is 252 g/mol. The van der Waals surface area contributed by atoms with E-state index in [4.69, 9.17) is 14.6 Å². The number of hydrogen-bond acceptors (Lipinski definition) is 4.